The van der Waals surface area contributed by atoms with Crippen LogP contribution in [0.25, 0.3) is 16.4 Å². The molecule has 0 N–H and O–H groups in total. The first-order valence-corrected chi connectivity index (χ1v) is 9.32. The lowest BCUT2D eigenvalue weighted by Crippen LogP contribution is -2.02. The Morgan fingerprint density at radius 3 is 2.70 bits per heavy atom. The number of ether oxygens (including phenoxy) is 1. The van der Waals surface area contributed by atoms with E-state index in [-0.39, 0.29) is 0 Å². The Hall–Kier alpha value is -1.79. The van der Waals surface area contributed by atoms with Gasteiger partial charge in [0.2, 0.25) is 0 Å². The number of nitrogens with zero attached hydrogens (tertiary/aromatic N) is 3. The van der Waals surface area contributed by atoms with Gasteiger partial charge >= 0.3 is 0 Å². The molecule has 0 saturated heterocycles. The average molecular weight is 345 g/mol. The van der Waals surface area contributed by atoms with Gasteiger partial charge in [-0.2, -0.15) is 0 Å². The highest BCUT2D eigenvalue weighted by Gasteiger charge is 2.19. The van der Waals surface area contributed by atoms with E-state index in [0.717, 1.165) is 33.0 Å². The van der Waals surface area contributed by atoms with Crippen LogP contribution in [-0.2, 0) is 0 Å². The van der Waals surface area contributed by atoms with Crippen molar-refractivity contribution in [2.24, 2.45) is 5.92 Å². The van der Waals surface area contributed by atoms with Gasteiger partial charge in [0, 0.05) is 5.75 Å². The predicted molar refractivity (Wildman–Crippen MR) is 96.8 cm³/mol. The lowest BCUT2D eigenvalue weighted by atomic mass is 10.3. The molecule has 0 aliphatic heterocycles. The molecule has 120 valence electrons. The maximum Gasteiger partial charge on any atom is 0.196 e. The minimum Gasteiger partial charge on any atom is -0.495 e. The zero-order valence-electron chi connectivity index (χ0n) is 13.4. The van der Waals surface area contributed by atoms with E-state index in [2.05, 4.69) is 40.1 Å². The van der Waals surface area contributed by atoms with E-state index in [9.17, 15) is 0 Å². The van der Waals surface area contributed by atoms with Crippen LogP contribution in [0.4, 0.5) is 0 Å². The average Bonchev–Trinajstić information content (AvgIpc) is 3.21. The summed E-state index contributed by atoms with van der Waals surface area (Å²) < 4.78 is 7.63. The minimum absolute atomic E-state index is 0.591. The lowest BCUT2D eigenvalue weighted by Gasteiger charge is -2.13. The van der Waals surface area contributed by atoms with Crippen molar-refractivity contribution in [3.8, 4) is 22.1 Å². The van der Waals surface area contributed by atoms with E-state index >= 15 is 0 Å². The highest BCUT2D eigenvalue weighted by molar-refractivity contribution is 7.99. The van der Waals surface area contributed by atoms with Gasteiger partial charge in [-0.3, -0.25) is 4.57 Å². The molecule has 0 fully saturated rings. The summed E-state index contributed by atoms with van der Waals surface area (Å²) in [5, 5.41) is 11.8. The zero-order valence-corrected chi connectivity index (χ0v) is 15.0. The van der Waals surface area contributed by atoms with Crippen molar-refractivity contribution in [2.75, 3.05) is 12.9 Å². The fourth-order valence-corrected chi connectivity index (χ4v) is 3.79. The second-order valence-corrected chi connectivity index (χ2v) is 7.43. The topological polar surface area (TPSA) is 39.9 Å². The summed E-state index contributed by atoms with van der Waals surface area (Å²) in [6.07, 6.45) is 0. The molecular weight excluding hydrogens is 326 g/mol. The Kier molecular flexibility index (Phi) is 5.03. The van der Waals surface area contributed by atoms with Gasteiger partial charge in [0.1, 0.15) is 5.75 Å². The summed E-state index contributed by atoms with van der Waals surface area (Å²) in [6.45, 7) is 4.41. The molecule has 0 bridgehead atoms. The summed E-state index contributed by atoms with van der Waals surface area (Å²) in [6, 6.07) is 12.1. The number of methoxy groups -OCH3 is 1. The molecule has 0 atom stereocenters. The largest absolute Gasteiger partial charge is 0.495 e. The van der Waals surface area contributed by atoms with Crippen molar-refractivity contribution in [3.05, 3.63) is 41.8 Å². The maximum absolute atomic E-state index is 5.54. The van der Waals surface area contributed by atoms with E-state index in [1.165, 1.54) is 0 Å². The third-order valence-corrected chi connectivity index (χ3v) is 5.47. The molecule has 0 amide bonds. The van der Waals surface area contributed by atoms with Crippen LogP contribution < -0.4 is 4.74 Å². The SMILES string of the molecule is COc1ccccc1-n1c(SCC(C)C)nnc1-c1cccs1. The maximum atomic E-state index is 5.54. The van der Waals surface area contributed by atoms with Gasteiger partial charge in [-0.05, 0) is 29.5 Å². The van der Waals surface area contributed by atoms with Gasteiger partial charge in [-0.15, -0.1) is 21.5 Å². The number of benzene rings is 1. The number of hydrogen-bond acceptors (Lipinski definition) is 5. The van der Waals surface area contributed by atoms with Gasteiger partial charge in [-0.1, -0.05) is 43.8 Å². The molecule has 0 spiro atoms. The van der Waals surface area contributed by atoms with Gasteiger partial charge in [0.15, 0.2) is 11.0 Å². The van der Waals surface area contributed by atoms with Crippen molar-refractivity contribution in [2.45, 2.75) is 19.0 Å². The van der Waals surface area contributed by atoms with Crippen molar-refractivity contribution in [1.29, 1.82) is 0 Å². The molecule has 4 nitrogen and oxygen atoms in total. The Bertz CT molecular complexity index is 766. The fourth-order valence-electron chi connectivity index (χ4n) is 2.20. The second kappa shape index (κ2) is 7.19. The summed E-state index contributed by atoms with van der Waals surface area (Å²) in [5.41, 5.74) is 0.967. The first kappa shape index (κ1) is 16.1. The number of para-hydroxylation sites is 2. The molecule has 6 heteroatoms. The quantitative estimate of drug-likeness (QED) is 0.604. The van der Waals surface area contributed by atoms with Crippen molar-refractivity contribution in [1.82, 2.24) is 14.8 Å². The van der Waals surface area contributed by atoms with Gasteiger partial charge in [-0.25, -0.2) is 0 Å². The van der Waals surface area contributed by atoms with Crippen LogP contribution in [0.5, 0.6) is 5.75 Å². The van der Waals surface area contributed by atoms with E-state index in [0.29, 0.717) is 5.92 Å². The number of hydrogen-bond donors (Lipinski definition) is 0. The predicted octanol–water partition coefficient (Wildman–Crippen LogP) is 4.75. The van der Waals surface area contributed by atoms with Crippen LogP contribution in [0.1, 0.15) is 13.8 Å². The molecule has 3 aromatic rings. The Balaban J connectivity index is 2.12. The number of rotatable bonds is 6. The first-order chi connectivity index (χ1) is 11.2. The third kappa shape index (κ3) is 3.43. The highest BCUT2D eigenvalue weighted by atomic mass is 32.2. The molecular formula is C17H19N3OS2. The number of thiophene rings is 1. The number of aromatic nitrogens is 3. The number of thioether (sulfide) groups is 1. The van der Waals surface area contributed by atoms with Crippen LogP contribution >= 0.6 is 23.1 Å². The Labute approximate surface area is 144 Å². The molecule has 23 heavy (non-hydrogen) atoms. The van der Waals surface area contributed by atoms with Crippen molar-refractivity contribution >= 4 is 23.1 Å². The smallest absolute Gasteiger partial charge is 0.196 e. The third-order valence-electron chi connectivity index (χ3n) is 3.25. The standard InChI is InChI=1S/C17H19N3OS2/c1-12(2)11-23-17-19-18-16(15-9-6-10-22-15)20(17)13-7-4-5-8-14(13)21-3/h4-10,12H,11H2,1-3H3. The van der Waals surface area contributed by atoms with Crippen molar-refractivity contribution < 1.29 is 4.74 Å². The van der Waals surface area contributed by atoms with E-state index < -0.39 is 0 Å². The molecule has 0 aliphatic carbocycles. The molecule has 2 aromatic heterocycles. The van der Waals surface area contributed by atoms with Gasteiger partial charge in [0.25, 0.3) is 0 Å². The summed E-state index contributed by atoms with van der Waals surface area (Å²) in [5.74, 6) is 3.26. The second-order valence-electron chi connectivity index (χ2n) is 5.50. The molecule has 0 saturated carbocycles. The molecule has 0 aliphatic rings. The highest BCUT2D eigenvalue weighted by Crippen LogP contribution is 2.34. The van der Waals surface area contributed by atoms with Gasteiger partial charge < -0.3 is 4.74 Å². The summed E-state index contributed by atoms with van der Waals surface area (Å²) >= 11 is 3.39. The molecule has 1 aromatic carbocycles. The lowest BCUT2D eigenvalue weighted by molar-refractivity contribution is 0.412. The van der Waals surface area contributed by atoms with Crippen LogP contribution in [0.2, 0.25) is 0 Å². The van der Waals surface area contributed by atoms with Crippen LogP contribution in [0.15, 0.2) is 46.9 Å². The van der Waals surface area contributed by atoms with Crippen LogP contribution in [0.3, 0.4) is 0 Å². The monoisotopic (exact) mass is 345 g/mol. The zero-order chi connectivity index (χ0) is 16.2. The minimum atomic E-state index is 0.591. The van der Waals surface area contributed by atoms with Crippen LogP contribution in [0, 0.1) is 5.92 Å². The van der Waals surface area contributed by atoms with Crippen LogP contribution in [-0.4, -0.2) is 27.6 Å². The van der Waals surface area contributed by atoms with E-state index in [1.54, 1.807) is 30.2 Å². The molecule has 0 unspecified atom stereocenters. The first-order valence-electron chi connectivity index (χ1n) is 7.46. The Morgan fingerprint density at radius 1 is 1.17 bits per heavy atom. The molecule has 2 heterocycles. The fraction of sp³-hybridized carbons (Fsp3) is 0.294. The summed E-state index contributed by atoms with van der Waals surface area (Å²) in [7, 11) is 1.69. The summed E-state index contributed by atoms with van der Waals surface area (Å²) in [4.78, 5) is 1.10. The van der Waals surface area contributed by atoms with Gasteiger partial charge in [0.05, 0.1) is 17.7 Å². The normalized spacial score (nSPS) is 11.1. The Morgan fingerprint density at radius 2 is 2.00 bits per heavy atom. The van der Waals surface area contributed by atoms with E-state index in [1.807, 2.05) is 30.3 Å². The van der Waals surface area contributed by atoms with E-state index in [4.69, 9.17) is 4.74 Å². The van der Waals surface area contributed by atoms with Crippen molar-refractivity contribution in [3.63, 3.8) is 0 Å². The molecule has 3 rings (SSSR count). The molecule has 0 radical (unpaired) electrons.